The number of aliphatic hydroxyl groups excluding tert-OH is 1. The van der Waals surface area contributed by atoms with Crippen molar-refractivity contribution in [2.45, 2.75) is 380 Å². The van der Waals surface area contributed by atoms with Crippen LogP contribution < -0.4 is 0 Å². The number of allylic oxidation sites excluding steroid dienone is 12. The van der Waals surface area contributed by atoms with Crippen LogP contribution in [0.1, 0.15) is 362 Å². The predicted molar refractivity (Wildman–Crippen MR) is 409 cm³/mol. The number of phosphoric acid groups is 2. The molecule has 582 valence electrons. The molecule has 0 fully saturated rings. The van der Waals surface area contributed by atoms with Crippen LogP contribution in [0.5, 0.6) is 0 Å². The summed E-state index contributed by atoms with van der Waals surface area (Å²) in [5, 5.41) is 10.6. The Hall–Kier alpha value is -3.50. The second kappa shape index (κ2) is 73.8. The van der Waals surface area contributed by atoms with Gasteiger partial charge in [0.25, 0.3) is 0 Å². The second-order valence-electron chi connectivity index (χ2n) is 27.0. The Kier molecular flexibility index (Phi) is 71.2. The molecule has 17 nitrogen and oxygen atoms in total. The molecule has 0 aromatic heterocycles. The number of hydrogen-bond donors (Lipinski definition) is 3. The first-order chi connectivity index (χ1) is 48.7. The average Bonchev–Trinajstić information content (AvgIpc) is 0.946. The van der Waals surface area contributed by atoms with Crippen LogP contribution in [-0.4, -0.2) is 96.7 Å². The Labute approximate surface area is 609 Å². The molecule has 0 saturated carbocycles. The van der Waals surface area contributed by atoms with Crippen molar-refractivity contribution in [2.75, 3.05) is 39.6 Å². The molecule has 0 spiro atoms. The lowest BCUT2D eigenvalue weighted by molar-refractivity contribution is -0.161. The molecular formula is C81H146O17P2. The van der Waals surface area contributed by atoms with Gasteiger partial charge in [-0.3, -0.25) is 37.3 Å². The highest BCUT2D eigenvalue weighted by Gasteiger charge is 2.30. The van der Waals surface area contributed by atoms with Gasteiger partial charge in [-0.15, -0.1) is 0 Å². The third kappa shape index (κ3) is 72.8. The maximum absolute atomic E-state index is 13.1. The molecule has 0 amide bonds. The number of aliphatic hydroxyl groups is 1. The fraction of sp³-hybridized carbons (Fsp3) is 0.802. The van der Waals surface area contributed by atoms with E-state index in [9.17, 15) is 43.2 Å². The molecule has 0 saturated heterocycles. The molecule has 0 radical (unpaired) electrons. The first-order valence-corrected chi connectivity index (χ1v) is 43.2. The molecule has 0 aliphatic carbocycles. The van der Waals surface area contributed by atoms with Gasteiger partial charge < -0.3 is 33.8 Å². The van der Waals surface area contributed by atoms with Gasteiger partial charge in [-0.2, -0.15) is 0 Å². The third-order valence-electron chi connectivity index (χ3n) is 17.2. The highest BCUT2D eigenvalue weighted by atomic mass is 31.2. The van der Waals surface area contributed by atoms with E-state index in [0.717, 1.165) is 167 Å². The fourth-order valence-electron chi connectivity index (χ4n) is 11.0. The van der Waals surface area contributed by atoms with Gasteiger partial charge in [0, 0.05) is 25.7 Å². The molecule has 0 rings (SSSR count). The van der Waals surface area contributed by atoms with Crippen molar-refractivity contribution in [1.29, 1.82) is 0 Å². The van der Waals surface area contributed by atoms with Crippen LogP contribution in [0.2, 0.25) is 0 Å². The monoisotopic (exact) mass is 1450 g/mol. The highest BCUT2D eigenvalue weighted by molar-refractivity contribution is 7.47. The van der Waals surface area contributed by atoms with Crippen LogP contribution >= 0.6 is 15.6 Å². The van der Waals surface area contributed by atoms with Crippen molar-refractivity contribution >= 4 is 39.5 Å². The lowest BCUT2D eigenvalue weighted by Gasteiger charge is -2.21. The maximum atomic E-state index is 13.1. The zero-order valence-electron chi connectivity index (χ0n) is 63.6. The van der Waals surface area contributed by atoms with Crippen LogP contribution in [0, 0.1) is 0 Å². The lowest BCUT2D eigenvalue weighted by Crippen LogP contribution is -2.30. The Morgan fingerprint density at radius 1 is 0.290 bits per heavy atom. The minimum atomic E-state index is -4.97. The molecule has 3 N–H and O–H groups in total. The van der Waals surface area contributed by atoms with Gasteiger partial charge in [-0.1, -0.05) is 293 Å². The zero-order valence-corrected chi connectivity index (χ0v) is 65.4. The normalized spacial score (nSPS) is 14.3. The number of carbonyl (C=O) groups excluding carboxylic acids is 4. The molecule has 19 heteroatoms. The molecule has 0 heterocycles. The molecule has 0 aromatic rings. The molecule has 100 heavy (non-hydrogen) atoms. The number of hydrogen-bond acceptors (Lipinski definition) is 15. The number of unbranched alkanes of at least 4 members (excludes halogenated alkanes) is 38. The van der Waals surface area contributed by atoms with E-state index in [1.54, 1.807) is 0 Å². The number of esters is 4. The Morgan fingerprint density at radius 2 is 0.520 bits per heavy atom. The highest BCUT2D eigenvalue weighted by Crippen LogP contribution is 2.45. The first-order valence-electron chi connectivity index (χ1n) is 40.2. The van der Waals surface area contributed by atoms with Crippen LogP contribution in [0.25, 0.3) is 0 Å². The van der Waals surface area contributed by atoms with Crippen molar-refractivity contribution < 1.29 is 80.2 Å². The second-order valence-corrected chi connectivity index (χ2v) is 29.9. The van der Waals surface area contributed by atoms with E-state index in [0.29, 0.717) is 25.7 Å². The van der Waals surface area contributed by atoms with Crippen molar-refractivity contribution in [2.24, 2.45) is 0 Å². The van der Waals surface area contributed by atoms with Gasteiger partial charge in [-0.05, 0) is 116 Å². The SMILES string of the molecule is CC/C=C\C/C=C\C/C=C\C/C=C\CCCCCCCCC(=O)OCC(COP(=O)(O)OCC(O)COP(=O)(O)OCC(COC(=O)CCCCCCC/C=C\CCCCCC)OC(=O)CCCCCCC/C=C\CCCCCC)OC(=O)CCCCCCCCCCCCCCCCC. The van der Waals surface area contributed by atoms with Gasteiger partial charge in [0.15, 0.2) is 12.2 Å². The minimum absolute atomic E-state index is 0.0868. The summed E-state index contributed by atoms with van der Waals surface area (Å²) in [6, 6.07) is 0. The fourth-order valence-corrected chi connectivity index (χ4v) is 12.6. The molecular weight excluding hydrogens is 1310 g/mol. The van der Waals surface area contributed by atoms with Gasteiger partial charge in [0.05, 0.1) is 26.4 Å². The predicted octanol–water partition coefficient (Wildman–Crippen LogP) is 23.2. The largest absolute Gasteiger partial charge is 0.472 e. The van der Waals surface area contributed by atoms with E-state index in [1.807, 2.05) is 0 Å². The summed E-state index contributed by atoms with van der Waals surface area (Å²) in [6.45, 7) is 4.76. The maximum Gasteiger partial charge on any atom is 0.472 e. The van der Waals surface area contributed by atoms with E-state index in [2.05, 4.69) is 101 Å². The van der Waals surface area contributed by atoms with E-state index in [1.165, 1.54) is 116 Å². The van der Waals surface area contributed by atoms with Gasteiger partial charge in [0.2, 0.25) is 0 Å². The standard InChI is InChI=1S/C81H146O17P2/c1-5-9-13-17-21-25-29-33-35-36-37-38-40-43-46-50-54-58-62-66-79(84)92-72-77(98-81(86)68-64-60-56-52-48-44-39-34-30-26-22-18-14-10-6-2)74-96-100(89,90)94-70-75(82)69-93-99(87,88)95-73-76(97-80(85)67-63-59-55-51-47-42-32-28-24-20-16-12-8-4)71-91-78(83)65-61-57-53-49-45-41-31-27-23-19-15-11-7-3/h9,13,21,25,27-28,31-33,35,37-38,75-77,82H,5-8,10-12,14-20,22-24,26,29-30,34,36,39-74H2,1-4H3,(H,87,88)(H,89,90)/b13-9-,25-21-,31-27-,32-28-,35-33-,38-37-. The van der Waals surface area contributed by atoms with Crippen LogP contribution in [-0.2, 0) is 65.4 Å². The summed E-state index contributed by atoms with van der Waals surface area (Å²) in [6.07, 6.45) is 74.5. The third-order valence-corrected chi connectivity index (χ3v) is 19.1. The summed E-state index contributed by atoms with van der Waals surface area (Å²) in [5.74, 6) is -2.18. The lowest BCUT2D eigenvalue weighted by atomic mass is 10.0. The van der Waals surface area contributed by atoms with Gasteiger partial charge >= 0.3 is 39.5 Å². The van der Waals surface area contributed by atoms with Crippen LogP contribution in [0.3, 0.4) is 0 Å². The van der Waals surface area contributed by atoms with Crippen molar-refractivity contribution in [3.8, 4) is 0 Å². The summed E-state index contributed by atoms with van der Waals surface area (Å²) in [5.41, 5.74) is 0. The molecule has 5 atom stereocenters. The first kappa shape index (κ1) is 96.5. The number of phosphoric ester groups is 2. The summed E-state index contributed by atoms with van der Waals surface area (Å²) in [4.78, 5) is 73.0. The Morgan fingerprint density at radius 3 is 0.820 bits per heavy atom. The quantitative estimate of drug-likeness (QED) is 0.0169. The van der Waals surface area contributed by atoms with E-state index < -0.39 is 97.5 Å². The molecule has 5 unspecified atom stereocenters. The topological polar surface area (TPSA) is 237 Å². The number of ether oxygens (including phenoxy) is 4. The van der Waals surface area contributed by atoms with Gasteiger partial charge in [0.1, 0.15) is 19.3 Å². The molecule has 0 aliphatic heterocycles. The molecule has 0 aromatic carbocycles. The van der Waals surface area contributed by atoms with E-state index in [4.69, 9.17) is 37.0 Å². The van der Waals surface area contributed by atoms with Crippen molar-refractivity contribution in [3.63, 3.8) is 0 Å². The van der Waals surface area contributed by atoms with Gasteiger partial charge in [-0.25, -0.2) is 9.13 Å². The zero-order chi connectivity index (χ0) is 73.2. The Bertz CT molecular complexity index is 2180. The van der Waals surface area contributed by atoms with Crippen molar-refractivity contribution in [1.82, 2.24) is 0 Å². The smallest absolute Gasteiger partial charge is 0.462 e. The minimum Gasteiger partial charge on any atom is -0.462 e. The molecule has 0 aliphatic rings. The van der Waals surface area contributed by atoms with E-state index >= 15 is 0 Å². The summed E-state index contributed by atoms with van der Waals surface area (Å²) < 4.78 is 68.6. The summed E-state index contributed by atoms with van der Waals surface area (Å²) >= 11 is 0. The van der Waals surface area contributed by atoms with E-state index in [-0.39, 0.29) is 25.7 Å². The van der Waals surface area contributed by atoms with Crippen LogP contribution in [0.4, 0.5) is 0 Å². The Balaban J connectivity index is 5.33. The van der Waals surface area contributed by atoms with Crippen LogP contribution in [0.15, 0.2) is 72.9 Å². The number of rotatable bonds is 76. The van der Waals surface area contributed by atoms with Crippen molar-refractivity contribution in [3.05, 3.63) is 72.9 Å². The molecule has 0 bridgehead atoms. The average molecular weight is 1450 g/mol. The number of carbonyl (C=O) groups is 4. The summed E-state index contributed by atoms with van der Waals surface area (Å²) in [7, 11) is -9.95.